The second-order valence-electron chi connectivity index (χ2n) is 28.5. The average molecular weight is 1690 g/mol. The van der Waals surface area contributed by atoms with E-state index in [1.807, 2.05) is 24.5 Å². The second kappa shape index (κ2) is 26.9. The molecule has 0 aliphatic rings. The number of benzene rings is 13. The molecule has 506 valence electrons. The van der Waals surface area contributed by atoms with Crippen LogP contribution in [-0.4, -0.2) is 23.7 Å². The zero-order valence-corrected chi connectivity index (χ0v) is 64.0. The number of nitrogens with zero attached hydrogens (tertiary/aromatic N) is 5. The molecule has 0 amide bonds. The van der Waals surface area contributed by atoms with Crippen molar-refractivity contribution in [2.24, 2.45) is 0 Å². The van der Waals surface area contributed by atoms with Crippen LogP contribution in [0.5, 0.6) is 0 Å². The Labute approximate surface area is 634 Å². The van der Waals surface area contributed by atoms with E-state index in [9.17, 15) is 0 Å². The van der Waals surface area contributed by atoms with Crippen LogP contribution >= 0.6 is 0 Å². The van der Waals surface area contributed by atoms with Crippen LogP contribution in [0.1, 0.15) is 54.2 Å². The summed E-state index contributed by atoms with van der Waals surface area (Å²) in [6, 6.07) is 112. The predicted octanol–water partition coefficient (Wildman–Crippen LogP) is 25.5. The van der Waals surface area contributed by atoms with Crippen LogP contribution in [0.25, 0.3) is 172 Å². The van der Waals surface area contributed by atoms with Crippen molar-refractivity contribution >= 4 is 65.4 Å². The monoisotopic (exact) mass is 1690 g/mol. The number of pyridine rings is 2. The summed E-state index contributed by atoms with van der Waals surface area (Å²) in [5.41, 5.74) is 35.3. The van der Waals surface area contributed by atoms with Crippen molar-refractivity contribution in [3.05, 3.63) is 343 Å². The molecule has 2 radical (unpaired) electrons. The number of para-hydroxylation sites is 5. The quantitative estimate of drug-likeness (QED) is 0.121. The van der Waals surface area contributed by atoms with E-state index >= 15 is 0 Å². The first-order valence-corrected chi connectivity index (χ1v) is 35.4. The molecular formula is C97H73Ir2N5-2. The summed E-state index contributed by atoms with van der Waals surface area (Å²) in [6.45, 7) is 18.4. The Morgan fingerprint density at radius 1 is 0.288 bits per heavy atom. The van der Waals surface area contributed by atoms with Gasteiger partial charge in [0.05, 0.1) is 33.1 Å². The molecule has 0 saturated carbocycles. The number of aryl methyl sites for hydroxylation is 1. The number of rotatable bonds is 11. The molecule has 13 aromatic carbocycles. The fraction of sp³-hybridized carbons (Fsp3) is 0.0928. The van der Waals surface area contributed by atoms with Gasteiger partial charge in [-0.05, 0) is 220 Å². The normalized spacial score (nSPS) is 11.7. The molecule has 0 unspecified atom stereocenters. The molecule has 18 rings (SSSR count). The molecule has 18 aromatic rings. The number of hydrogen-bond donors (Lipinski definition) is 0. The Balaban J connectivity index is 0.00000416. The van der Waals surface area contributed by atoms with Gasteiger partial charge >= 0.3 is 0 Å². The minimum atomic E-state index is -0.0607. The van der Waals surface area contributed by atoms with Crippen molar-refractivity contribution in [2.75, 3.05) is 0 Å². The van der Waals surface area contributed by atoms with E-state index in [0.717, 1.165) is 101 Å². The maximum Gasteiger partial charge on any atom is 0.0541 e. The van der Waals surface area contributed by atoms with Gasteiger partial charge in [-0.2, -0.15) is 0 Å². The smallest absolute Gasteiger partial charge is 0.0541 e. The zero-order chi connectivity index (χ0) is 69.1. The molecule has 5 nitrogen and oxygen atoms in total. The summed E-state index contributed by atoms with van der Waals surface area (Å²) in [7, 11) is 0. The van der Waals surface area contributed by atoms with Crippen molar-refractivity contribution in [1.82, 2.24) is 23.7 Å². The van der Waals surface area contributed by atoms with Gasteiger partial charge in [-0.25, -0.2) is 0 Å². The van der Waals surface area contributed by atoms with Crippen molar-refractivity contribution in [3.63, 3.8) is 0 Å². The van der Waals surface area contributed by atoms with Crippen LogP contribution in [0.15, 0.2) is 298 Å². The van der Waals surface area contributed by atoms with Crippen molar-refractivity contribution < 1.29 is 40.2 Å². The van der Waals surface area contributed by atoms with Crippen LogP contribution in [0.4, 0.5) is 0 Å². The van der Waals surface area contributed by atoms with E-state index in [-0.39, 0.29) is 45.6 Å². The first-order chi connectivity index (χ1) is 49.8. The predicted molar refractivity (Wildman–Crippen MR) is 429 cm³/mol. The summed E-state index contributed by atoms with van der Waals surface area (Å²) in [6.07, 6.45) is 3.81. The third kappa shape index (κ3) is 11.3. The fourth-order valence-corrected chi connectivity index (χ4v) is 16.3. The topological polar surface area (TPSA) is 40.6 Å². The van der Waals surface area contributed by atoms with E-state index in [1.54, 1.807) is 0 Å². The molecule has 104 heavy (non-hydrogen) atoms. The van der Waals surface area contributed by atoms with E-state index in [0.29, 0.717) is 0 Å². The SMILES string of the molecule is Cc1cc(-c2ccccn2)[c-]cc1-c1cc2c(cc1-c1c(C)c(C)c(-c3ccccc3-c3c[c-]c(-c4cc(C(C)(C)C)ccn4)cc3-c3ccc4c(c3)c3ccccc3n4-c3ccccc3)c(C)c1C)c1cc(-c3ccc4c(c3)c3ccccc3n4-c3ccccc3)ccc1n2-c1ccccc1.[Ir].[Ir]. The van der Waals surface area contributed by atoms with E-state index in [2.05, 4.69) is 354 Å². The van der Waals surface area contributed by atoms with Gasteiger partial charge in [0.25, 0.3) is 0 Å². The van der Waals surface area contributed by atoms with Gasteiger partial charge in [-0.1, -0.05) is 207 Å². The molecule has 0 aliphatic carbocycles. The summed E-state index contributed by atoms with van der Waals surface area (Å²) in [5, 5.41) is 7.23. The van der Waals surface area contributed by atoms with E-state index in [1.165, 1.54) is 105 Å². The number of fused-ring (bicyclic) bond motifs is 9. The molecule has 0 fully saturated rings. The second-order valence-corrected chi connectivity index (χ2v) is 28.5. The van der Waals surface area contributed by atoms with Crippen LogP contribution < -0.4 is 0 Å². The Hall–Kier alpha value is -11.1. The molecule has 0 aliphatic heterocycles. The van der Waals surface area contributed by atoms with E-state index < -0.39 is 0 Å². The summed E-state index contributed by atoms with van der Waals surface area (Å²) < 4.78 is 7.25. The van der Waals surface area contributed by atoms with Crippen LogP contribution in [-0.2, 0) is 45.6 Å². The van der Waals surface area contributed by atoms with Gasteiger partial charge in [-0.15, -0.1) is 53.1 Å². The minimum Gasteiger partial charge on any atom is -0.309 e. The Bertz CT molecular complexity index is 6360. The van der Waals surface area contributed by atoms with Crippen LogP contribution in [0.2, 0.25) is 0 Å². The largest absolute Gasteiger partial charge is 0.309 e. The molecule has 5 heterocycles. The molecule has 0 N–H and O–H groups in total. The first kappa shape index (κ1) is 67.4. The van der Waals surface area contributed by atoms with Crippen molar-refractivity contribution in [1.29, 1.82) is 0 Å². The minimum absolute atomic E-state index is 0. The number of aromatic nitrogens is 5. The summed E-state index contributed by atoms with van der Waals surface area (Å²) >= 11 is 0. The summed E-state index contributed by atoms with van der Waals surface area (Å²) in [4.78, 5) is 9.80. The van der Waals surface area contributed by atoms with Gasteiger partial charge in [0, 0.05) is 102 Å². The fourth-order valence-electron chi connectivity index (χ4n) is 16.3. The molecule has 5 aromatic heterocycles. The summed E-state index contributed by atoms with van der Waals surface area (Å²) in [5.74, 6) is 0. The third-order valence-corrected chi connectivity index (χ3v) is 21.6. The molecule has 0 bridgehead atoms. The Kier molecular flexibility index (Phi) is 17.4. The van der Waals surface area contributed by atoms with Gasteiger partial charge in [-0.3, -0.25) is 0 Å². The molecule has 0 atom stereocenters. The van der Waals surface area contributed by atoms with Crippen LogP contribution in [0, 0.1) is 46.8 Å². The van der Waals surface area contributed by atoms with Gasteiger partial charge in [0.1, 0.15) is 0 Å². The van der Waals surface area contributed by atoms with Gasteiger partial charge < -0.3 is 23.7 Å². The average Bonchev–Trinajstić information content (AvgIpc) is 1.44. The van der Waals surface area contributed by atoms with Crippen molar-refractivity contribution in [2.45, 2.75) is 60.8 Å². The molecular weight excluding hydrogens is 1620 g/mol. The molecule has 7 heteroatoms. The zero-order valence-electron chi connectivity index (χ0n) is 59.2. The Morgan fingerprint density at radius 3 is 1.26 bits per heavy atom. The van der Waals surface area contributed by atoms with E-state index in [4.69, 9.17) is 9.97 Å². The maximum absolute atomic E-state index is 5.02. The first-order valence-electron chi connectivity index (χ1n) is 35.4. The van der Waals surface area contributed by atoms with Crippen LogP contribution in [0.3, 0.4) is 0 Å². The Morgan fingerprint density at radius 2 is 0.721 bits per heavy atom. The third-order valence-electron chi connectivity index (χ3n) is 21.6. The number of hydrogen-bond acceptors (Lipinski definition) is 2. The van der Waals surface area contributed by atoms with Gasteiger partial charge in [0.15, 0.2) is 0 Å². The standard InChI is InChI=1S/C97H73N5.2Ir/c1-60-52-68(87-36-24-25-50-98-87)39-44-74(60)81-59-94-85(84-54-66(42-47-93(84)102(94)73-30-16-11-17-31-73)65-41-46-91-82(53-65)77-33-20-22-37-89(77)100(91)71-26-12-9-13-27-71)58-86(81)96-63(4)61(2)95(62(3)64(96)5)79-35-19-18-32-75(79)76-45-40-69(88-57-70(49-51-99-88)97(6,7)8)56-80(76)67-43-48-92-83(55-67)78-34-21-23-38-90(78)101(92)72-28-14-10-15-29-72;;/h9-38,41-59H,1-8H3;;/q-2;;. The van der Waals surface area contributed by atoms with Gasteiger partial charge in [0.2, 0.25) is 0 Å². The molecule has 0 spiro atoms. The van der Waals surface area contributed by atoms with Crippen molar-refractivity contribution in [3.8, 4) is 106 Å². The maximum atomic E-state index is 5.02. The molecule has 0 saturated heterocycles.